The predicted octanol–water partition coefficient (Wildman–Crippen LogP) is 3.01. The van der Waals surface area contributed by atoms with Gasteiger partial charge < -0.3 is 19.0 Å². The number of esters is 1. The molecule has 2 rings (SSSR count). The highest BCUT2D eigenvalue weighted by Gasteiger charge is 2.27. The molecule has 8 heteroatoms. The lowest BCUT2D eigenvalue weighted by atomic mass is 9.99. The summed E-state index contributed by atoms with van der Waals surface area (Å²) in [6.07, 6.45) is -0.0591. The van der Waals surface area contributed by atoms with Crippen LogP contribution in [0.5, 0.6) is 5.75 Å². The van der Waals surface area contributed by atoms with Crippen LogP contribution in [0.3, 0.4) is 0 Å². The number of thiophene rings is 1. The first-order chi connectivity index (χ1) is 11.0. The molecule has 0 spiro atoms. The van der Waals surface area contributed by atoms with Gasteiger partial charge in [-0.2, -0.15) is 0 Å². The zero-order valence-electron chi connectivity index (χ0n) is 12.5. The number of rotatable bonds is 6. The number of ether oxygens (including phenoxy) is 2. The second-order valence-corrected chi connectivity index (χ2v) is 7.19. The average Bonchev–Trinajstić information content (AvgIpc) is 2.95. The van der Waals surface area contributed by atoms with E-state index in [1.54, 1.807) is 6.07 Å². The standard InChI is InChI=1S/C15H15BrO6S/c1-20-7-8-5-10(17)14(19)15(22-8)9(6-13(18)21-2)11-3-4-12(16)23-11/h3-5,9,19H,6-7H2,1-2H3/t9-/m0/s1. The molecule has 2 aromatic heterocycles. The van der Waals surface area contributed by atoms with E-state index in [9.17, 15) is 14.7 Å². The van der Waals surface area contributed by atoms with E-state index in [1.165, 1.54) is 31.6 Å². The summed E-state index contributed by atoms with van der Waals surface area (Å²) >= 11 is 4.74. The van der Waals surface area contributed by atoms with Crippen molar-refractivity contribution < 1.29 is 23.8 Å². The molecule has 0 aliphatic rings. The van der Waals surface area contributed by atoms with E-state index in [2.05, 4.69) is 15.9 Å². The second kappa shape index (κ2) is 7.76. The van der Waals surface area contributed by atoms with Gasteiger partial charge in [-0.3, -0.25) is 9.59 Å². The maximum atomic E-state index is 11.9. The normalized spacial score (nSPS) is 12.1. The van der Waals surface area contributed by atoms with Gasteiger partial charge in [-0.25, -0.2) is 0 Å². The van der Waals surface area contributed by atoms with Crippen molar-refractivity contribution in [3.05, 3.63) is 48.6 Å². The molecule has 0 aliphatic heterocycles. The summed E-state index contributed by atoms with van der Waals surface area (Å²) in [5, 5.41) is 10.1. The lowest BCUT2D eigenvalue weighted by Gasteiger charge is -2.15. The average molecular weight is 403 g/mol. The van der Waals surface area contributed by atoms with E-state index >= 15 is 0 Å². The van der Waals surface area contributed by atoms with Crippen LogP contribution >= 0.6 is 27.3 Å². The number of carbonyl (C=O) groups excluding carboxylic acids is 1. The topological polar surface area (TPSA) is 86.0 Å². The summed E-state index contributed by atoms with van der Waals surface area (Å²) in [6, 6.07) is 4.78. The molecule has 0 aromatic carbocycles. The molecule has 2 aromatic rings. The third kappa shape index (κ3) is 4.21. The smallest absolute Gasteiger partial charge is 0.306 e. The SMILES string of the molecule is COCc1cc(=O)c(O)c([C@@H](CC(=O)OC)c2ccc(Br)s2)o1. The fourth-order valence-electron chi connectivity index (χ4n) is 2.09. The molecule has 23 heavy (non-hydrogen) atoms. The Morgan fingerprint density at radius 3 is 2.74 bits per heavy atom. The van der Waals surface area contributed by atoms with Gasteiger partial charge in [0.15, 0.2) is 5.76 Å². The first-order valence-corrected chi connectivity index (χ1v) is 8.24. The lowest BCUT2D eigenvalue weighted by Crippen LogP contribution is -2.13. The number of hydrogen-bond donors (Lipinski definition) is 1. The van der Waals surface area contributed by atoms with Crippen LogP contribution in [0.15, 0.2) is 31.2 Å². The minimum Gasteiger partial charge on any atom is -0.502 e. The molecule has 124 valence electrons. The Balaban J connectivity index is 2.54. The van der Waals surface area contributed by atoms with Crippen LogP contribution < -0.4 is 5.43 Å². The van der Waals surface area contributed by atoms with Crippen molar-refractivity contribution in [2.24, 2.45) is 0 Å². The molecule has 0 aliphatic carbocycles. The van der Waals surface area contributed by atoms with Crippen LogP contribution in [-0.2, 0) is 20.9 Å². The van der Waals surface area contributed by atoms with Gasteiger partial charge in [0.05, 0.1) is 23.2 Å². The Kier molecular flexibility index (Phi) is 5.97. The third-order valence-electron chi connectivity index (χ3n) is 3.14. The number of carbonyl (C=O) groups is 1. The van der Waals surface area contributed by atoms with Gasteiger partial charge in [-0.1, -0.05) is 0 Å². The van der Waals surface area contributed by atoms with Crippen molar-refractivity contribution in [1.29, 1.82) is 0 Å². The summed E-state index contributed by atoms with van der Waals surface area (Å²) in [7, 11) is 2.75. The van der Waals surface area contributed by atoms with Gasteiger partial charge in [0.2, 0.25) is 11.2 Å². The number of hydrogen-bond acceptors (Lipinski definition) is 7. The first kappa shape index (κ1) is 17.7. The third-order valence-corrected chi connectivity index (χ3v) is 4.88. The fourth-order valence-corrected chi connectivity index (χ4v) is 3.62. The van der Waals surface area contributed by atoms with Gasteiger partial charge in [0.25, 0.3) is 0 Å². The number of methoxy groups -OCH3 is 2. The maximum Gasteiger partial charge on any atom is 0.306 e. The minimum atomic E-state index is -0.622. The Morgan fingerprint density at radius 2 is 2.17 bits per heavy atom. The van der Waals surface area contributed by atoms with Crippen LogP contribution in [0.2, 0.25) is 0 Å². The molecule has 1 atom stereocenters. The minimum absolute atomic E-state index is 0.0318. The van der Waals surface area contributed by atoms with Gasteiger partial charge in [0, 0.05) is 18.1 Å². The molecule has 0 bridgehead atoms. The van der Waals surface area contributed by atoms with Crippen LogP contribution in [0.1, 0.15) is 28.7 Å². The molecule has 0 saturated heterocycles. The maximum absolute atomic E-state index is 11.9. The highest BCUT2D eigenvalue weighted by Crippen LogP contribution is 2.38. The van der Waals surface area contributed by atoms with E-state index in [-0.39, 0.29) is 24.5 Å². The number of halogens is 1. The summed E-state index contributed by atoms with van der Waals surface area (Å²) in [5.74, 6) is -1.30. The molecular weight excluding hydrogens is 388 g/mol. The molecule has 0 unspecified atom stereocenters. The van der Waals surface area contributed by atoms with E-state index < -0.39 is 23.1 Å². The number of aromatic hydroxyl groups is 1. The summed E-state index contributed by atoms with van der Waals surface area (Å²) in [6.45, 7) is 0.0849. The van der Waals surface area contributed by atoms with Crippen molar-refractivity contribution in [2.45, 2.75) is 18.9 Å². The first-order valence-electron chi connectivity index (χ1n) is 6.63. The lowest BCUT2D eigenvalue weighted by molar-refractivity contribution is -0.140. The van der Waals surface area contributed by atoms with Gasteiger partial charge in [-0.15, -0.1) is 11.3 Å². The molecule has 0 amide bonds. The molecule has 6 nitrogen and oxygen atoms in total. The molecule has 0 radical (unpaired) electrons. The van der Waals surface area contributed by atoms with Crippen molar-refractivity contribution in [1.82, 2.24) is 0 Å². The molecule has 1 N–H and O–H groups in total. The summed E-state index contributed by atoms with van der Waals surface area (Å²) < 4.78 is 16.1. The van der Waals surface area contributed by atoms with Crippen LogP contribution in [-0.4, -0.2) is 25.3 Å². The Bertz CT molecular complexity index is 751. The highest BCUT2D eigenvalue weighted by atomic mass is 79.9. The van der Waals surface area contributed by atoms with Crippen LogP contribution in [0.25, 0.3) is 0 Å². The zero-order chi connectivity index (χ0) is 17.0. The van der Waals surface area contributed by atoms with Gasteiger partial charge >= 0.3 is 5.97 Å². The van der Waals surface area contributed by atoms with Gasteiger partial charge in [0.1, 0.15) is 12.4 Å². The molecule has 2 heterocycles. The highest BCUT2D eigenvalue weighted by molar-refractivity contribution is 9.11. The molecule has 0 saturated carbocycles. The van der Waals surface area contributed by atoms with Crippen molar-refractivity contribution in [3.63, 3.8) is 0 Å². The predicted molar refractivity (Wildman–Crippen MR) is 87.9 cm³/mol. The van der Waals surface area contributed by atoms with Crippen molar-refractivity contribution in [3.8, 4) is 5.75 Å². The van der Waals surface area contributed by atoms with Gasteiger partial charge in [-0.05, 0) is 28.1 Å². The van der Waals surface area contributed by atoms with Crippen LogP contribution in [0.4, 0.5) is 0 Å². The monoisotopic (exact) mass is 402 g/mol. The van der Waals surface area contributed by atoms with Crippen molar-refractivity contribution in [2.75, 3.05) is 14.2 Å². The summed E-state index contributed by atoms with van der Waals surface area (Å²) in [4.78, 5) is 24.4. The Labute approximate surface area is 144 Å². The van der Waals surface area contributed by atoms with E-state index in [0.717, 1.165) is 8.66 Å². The zero-order valence-corrected chi connectivity index (χ0v) is 14.9. The van der Waals surface area contributed by atoms with Crippen LogP contribution in [0, 0.1) is 0 Å². The fraction of sp³-hybridized carbons (Fsp3) is 0.333. The summed E-state index contributed by atoms with van der Waals surface area (Å²) in [5.41, 5.74) is -0.580. The second-order valence-electron chi connectivity index (χ2n) is 4.70. The largest absolute Gasteiger partial charge is 0.502 e. The van der Waals surface area contributed by atoms with Crippen molar-refractivity contribution >= 4 is 33.2 Å². The molecule has 0 fully saturated rings. The van der Waals surface area contributed by atoms with E-state index in [0.29, 0.717) is 0 Å². The van der Waals surface area contributed by atoms with E-state index in [1.807, 2.05) is 6.07 Å². The Morgan fingerprint density at radius 1 is 1.43 bits per heavy atom. The molecular formula is C15H15BrO6S. The Hall–Kier alpha value is -1.64. The quantitative estimate of drug-likeness (QED) is 0.747. The van der Waals surface area contributed by atoms with E-state index in [4.69, 9.17) is 13.9 Å².